The van der Waals surface area contributed by atoms with Crippen LogP contribution in [0.2, 0.25) is 0 Å². The Morgan fingerprint density at radius 1 is 0.939 bits per heavy atom. The van der Waals surface area contributed by atoms with Crippen molar-refractivity contribution in [2.45, 2.75) is 0 Å². The molecule has 5 aromatic rings. The second-order valence-electron chi connectivity index (χ2n) is 7.17. The van der Waals surface area contributed by atoms with Gasteiger partial charge in [-0.2, -0.15) is 5.10 Å². The highest BCUT2D eigenvalue weighted by Gasteiger charge is 2.17. The number of halogens is 2. The van der Waals surface area contributed by atoms with Crippen LogP contribution in [0.5, 0.6) is 11.6 Å². The van der Waals surface area contributed by atoms with Gasteiger partial charge in [0.15, 0.2) is 5.43 Å². The minimum absolute atomic E-state index is 0.0574. The molecule has 9 heteroatoms. The van der Waals surface area contributed by atoms with Crippen LogP contribution in [0.3, 0.4) is 0 Å². The largest absolute Gasteiger partial charge is 0.437 e. The highest BCUT2D eigenvalue weighted by molar-refractivity contribution is 6.13. The number of rotatable bonds is 4. The van der Waals surface area contributed by atoms with Crippen molar-refractivity contribution in [2.24, 2.45) is 0 Å². The maximum absolute atomic E-state index is 14.3. The molecule has 0 spiro atoms. The minimum atomic E-state index is -0.770. The monoisotopic (exact) mass is 444 g/mol. The van der Waals surface area contributed by atoms with E-state index < -0.39 is 23.0 Å². The Morgan fingerprint density at radius 3 is 2.61 bits per heavy atom. The van der Waals surface area contributed by atoms with E-state index in [1.165, 1.54) is 18.3 Å². The molecule has 0 bridgehead atoms. The Balaban J connectivity index is 1.52. The van der Waals surface area contributed by atoms with Crippen molar-refractivity contribution in [1.29, 1.82) is 0 Å². The molecule has 0 aliphatic rings. The van der Waals surface area contributed by atoms with E-state index in [4.69, 9.17) is 4.74 Å². The number of aromatic amines is 1. The summed E-state index contributed by atoms with van der Waals surface area (Å²) >= 11 is 0. The Hall–Kier alpha value is -4.66. The lowest BCUT2D eigenvalue weighted by atomic mass is 10.0. The standard InChI is InChI=1S/C24H14F2N4O3/c25-13-6-7-20-17(9-13)23(31)18-10-14(26)11-19(22(18)29-20)24(32)28-15-3-1-4-16(12-15)33-21-5-2-8-27-30-21/h1-12H,(H,28,32)(H,29,31). The molecule has 3 aromatic carbocycles. The van der Waals surface area contributed by atoms with Gasteiger partial charge in [0.05, 0.1) is 11.1 Å². The molecule has 0 saturated carbocycles. The molecule has 2 N–H and O–H groups in total. The number of hydrogen-bond acceptors (Lipinski definition) is 5. The van der Waals surface area contributed by atoms with Gasteiger partial charge in [-0.1, -0.05) is 6.07 Å². The van der Waals surface area contributed by atoms with Crippen molar-refractivity contribution < 1.29 is 18.3 Å². The van der Waals surface area contributed by atoms with Gasteiger partial charge in [0.2, 0.25) is 5.88 Å². The number of amides is 1. The van der Waals surface area contributed by atoms with Crippen LogP contribution in [-0.4, -0.2) is 21.1 Å². The number of carbonyl (C=O) groups excluding carboxylic acids is 1. The normalized spacial score (nSPS) is 11.0. The Kier molecular flexibility index (Phi) is 4.98. The number of H-pyrrole nitrogens is 1. The van der Waals surface area contributed by atoms with E-state index in [1.54, 1.807) is 36.4 Å². The van der Waals surface area contributed by atoms with Crippen molar-refractivity contribution in [3.8, 4) is 11.6 Å². The second kappa shape index (κ2) is 8.12. The van der Waals surface area contributed by atoms with E-state index >= 15 is 0 Å². The van der Waals surface area contributed by atoms with Crippen LogP contribution >= 0.6 is 0 Å². The Bertz CT molecular complexity index is 1590. The van der Waals surface area contributed by atoms with Gasteiger partial charge in [0.25, 0.3) is 5.91 Å². The van der Waals surface area contributed by atoms with Crippen molar-refractivity contribution in [2.75, 3.05) is 5.32 Å². The summed E-state index contributed by atoms with van der Waals surface area (Å²) < 4.78 is 33.5. The predicted molar refractivity (Wildman–Crippen MR) is 118 cm³/mol. The molecule has 33 heavy (non-hydrogen) atoms. The fraction of sp³-hybridized carbons (Fsp3) is 0. The smallest absolute Gasteiger partial charge is 0.257 e. The van der Waals surface area contributed by atoms with Crippen LogP contribution in [0.15, 0.2) is 77.7 Å². The minimum Gasteiger partial charge on any atom is -0.437 e. The summed E-state index contributed by atoms with van der Waals surface area (Å²) in [5, 5.41) is 10.3. The molecule has 0 saturated heterocycles. The van der Waals surface area contributed by atoms with Gasteiger partial charge < -0.3 is 15.0 Å². The summed E-state index contributed by atoms with van der Waals surface area (Å²) in [4.78, 5) is 28.8. The number of benzene rings is 3. The van der Waals surface area contributed by atoms with E-state index in [0.717, 1.165) is 18.2 Å². The van der Waals surface area contributed by atoms with Gasteiger partial charge in [-0.15, -0.1) is 5.10 Å². The van der Waals surface area contributed by atoms with Gasteiger partial charge in [0.1, 0.15) is 17.4 Å². The third kappa shape index (κ3) is 3.99. The summed E-state index contributed by atoms with van der Waals surface area (Å²) in [6.45, 7) is 0. The maximum atomic E-state index is 14.3. The molecule has 0 aliphatic carbocycles. The molecular weight excluding hydrogens is 430 g/mol. The first-order chi connectivity index (χ1) is 16.0. The molecule has 7 nitrogen and oxygen atoms in total. The van der Waals surface area contributed by atoms with Crippen LogP contribution in [0.4, 0.5) is 14.5 Å². The molecule has 5 rings (SSSR count). The fourth-order valence-electron chi connectivity index (χ4n) is 3.49. The maximum Gasteiger partial charge on any atom is 0.257 e. The van der Waals surface area contributed by atoms with Crippen LogP contribution in [0, 0.1) is 11.6 Å². The lowest BCUT2D eigenvalue weighted by molar-refractivity contribution is 0.102. The SMILES string of the molecule is O=C(Nc1cccc(Oc2cccnn2)c1)c1cc(F)cc2c(=O)c3cc(F)ccc3[nH]c12. The number of pyridine rings is 1. The average Bonchev–Trinajstić information content (AvgIpc) is 2.81. The summed E-state index contributed by atoms with van der Waals surface area (Å²) in [6, 6.07) is 15.5. The zero-order valence-electron chi connectivity index (χ0n) is 16.8. The highest BCUT2D eigenvalue weighted by atomic mass is 19.1. The average molecular weight is 444 g/mol. The highest BCUT2D eigenvalue weighted by Crippen LogP contribution is 2.25. The molecule has 2 aromatic heterocycles. The topological polar surface area (TPSA) is 97.0 Å². The number of nitrogens with one attached hydrogen (secondary N) is 2. The summed E-state index contributed by atoms with van der Waals surface area (Å²) in [6.07, 6.45) is 1.51. The number of carbonyl (C=O) groups is 1. The van der Waals surface area contributed by atoms with Gasteiger partial charge in [0, 0.05) is 40.3 Å². The second-order valence-corrected chi connectivity index (χ2v) is 7.17. The molecule has 162 valence electrons. The van der Waals surface area contributed by atoms with Gasteiger partial charge in [-0.05, 0) is 48.5 Å². The third-order valence-corrected chi connectivity index (χ3v) is 4.94. The Labute approximate surface area is 184 Å². The van der Waals surface area contributed by atoms with Crippen LogP contribution < -0.4 is 15.5 Å². The number of anilines is 1. The van der Waals surface area contributed by atoms with Crippen LogP contribution in [-0.2, 0) is 0 Å². The summed E-state index contributed by atoms with van der Waals surface area (Å²) in [5.74, 6) is -1.33. The number of fused-ring (bicyclic) bond motifs is 2. The van der Waals surface area contributed by atoms with Crippen molar-refractivity contribution >= 4 is 33.4 Å². The predicted octanol–water partition coefficient (Wildman–Crippen LogP) is 4.79. The molecule has 0 aliphatic heterocycles. The van der Waals surface area contributed by atoms with Gasteiger partial charge in [-0.25, -0.2) is 8.78 Å². The number of ether oxygens (including phenoxy) is 1. The Morgan fingerprint density at radius 2 is 1.79 bits per heavy atom. The summed E-state index contributed by atoms with van der Waals surface area (Å²) in [5.41, 5.74) is 0.197. The fourth-order valence-corrected chi connectivity index (χ4v) is 3.49. The molecular formula is C24H14F2N4O3. The molecule has 0 unspecified atom stereocenters. The van der Waals surface area contributed by atoms with Crippen molar-refractivity contribution in [1.82, 2.24) is 15.2 Å². The van der Waals surface area contributed by atoms with Crippen LogP contribution in [0.1, 0.15) is 10.4 Å². The van der Waals surface area contributed by atoms with E-state index in [-0.39, 0.29) is 27.7 Å². The van der Waals surface area contributed by atoms with Gasteiger partial charge in [-0.3, -0.25) is 9.59 Å². The van der Waals surface area contributed by atoms with Crippen molar-refractivity contribution in [3.63, 3.8) is 0 Å². The van der Waals surface area contributed by atoms with Crippen molar-refractivity contribution in [3.05, 3.63) is 100 Å². The summed E-state index contributed by atoms with van der Waals surface area (Å²) in [7, 11) is 0. The molecule has 1 amide bonds. The lowest BCUT2D eigenvalue weighted by Gasteiger charge is -2.11. The van der Waals surface area contributed by atoms with E-state index in [9.17, 15) is 18.4 Å². The molecule has 0 fully saturated rings. The lowest BCUT2D eigenvalue weighted by Crippen LogP contribution is -2.15. The first-order valence-corrected chi connectivity index (χ1v) is 9.80. The first-order valence-electron chi connectivity index (χ1n) is 9.80. The van der Waals surface area contributed by atoms with Gasteiger partial charge >= 0.3 is 0 Å². The zero-order valence-corrected chi connectivity index (χ0v) is 16.8. The zero-order chi connectivity index (χ0) is 22.9. The third-order valence-electron chi connectivity index (χ3n) is 4.94. The van der Waals surface area contributed by atoms with E-state index in [0.29, 0.717) is 17.0 Å². The van der Waals surface area contributed by atoms with Crippen LogP contribution in [0.25, 0.3) is 21.8 Å². The number of nitrogens with zero attached hydrogens (tertiary/aromatic N) is 2. The number of hydrogen-bond donors (Lipinski definition) is 2. The quantitative estimate of drug-likeness (QED) is 0.389. The molecule has 2 heterocycles. The first kappa shape index (κ1) is 20.3. The van der Waals surface area contributed by atoms with E-state index in [1.807, 2.05) is 0 Å². The van der Waals surface area contributed by atoms with E-state index in [2.05, 4.69) is 20.5 Å². The molecule has 0 radical (unpaired) electrons. The number of aromatic nitrogens is 3. The molecule has 0 atom stereocenters.